The van der Waals surface area contributed by atoms with E-state index in [2.05, 4.69) is 11.1 Å². The van der Waals surface area contributed by atoms with Crippen molar-refractivity contribution in [1.29, 1.82) is 0 Å². The molecule has 0 atom stereocenters. The number of hydrogen-bond donors (Lipinski definition) is 1. The summed E-state index contributed by atoms with van der Waals surface area (Å²) < 4.78 is 7.64. The van der Waals surface area contributed by atoms with Crippen LogP contribution in [0.4, 0.5) is 0 Å². The number of carbonyl (C=O) groups is 1. The number of likely N-dealkylation sites (N-methyl/N-ethyl adjacent to an activating group) is 1. The molecule has 3 aromatic rings. The van der Waals surface area contributed by atoms with Crippen LogP contribution in [0.15, 0.2) is 41.2 Å². The highest BCUT2D eigenvalue weighted by molar-refractivity contribution is 7.71. The number of ether oxygens (including phenoxy) is 1. The first-order valence-electron chi connectivity index (χ1n) is 9.53. The molecule has 0 aliphatic carbocycles. The summed E-state index contributed by atoms with van der Waals surface area (Å²) in [6.45, 7) is 7.24. The van der Waals surface area contributed by atoms with Gasteiger partial charge < -0.3 is 14.6 Å². The monoisotopic (exact) mass is 411 g/mol. The van der Waals surface area contributed by atoms with Crippen molar-refractivity contribution in [3.63, 3.8) is 0 Å². The fourth-order valence-corrected chi connectivity index (χ4v) is 3.64. The van der Waals surface area contributed by atoms with Gasteiger partial charge in [-0.1, -0.05) is 6.07 Å². The van der Waals surface area contributed by atoms with E-state index >= 15 is 0 Å². The van der Waals surface area contributed by atoms with Crippen LogP contribution in [0.1, 0.15) is 28.4 Å². The van der Waals surface area contributed by atoms with Gasteiger partial charge in [0.05, 0.1) is 17.4 Å². The van der Waals surface area contributed by atoms with E-state index in [1.807, 2.05) is 32.9 Å². The highest BCUT2D eigenvalue weighted by atomic mass is 32.1. The van der Waals surface area contributed by atoms with E-state index in [0.717, 1.165) is 16.9 Å². The van der Waals surface area contributed by atoms with Crippen LogP contribution >= 0.6 is 12.2 Å². The lowest BCUT2D eigenvalue weighted by molar-refractivity contribution is 0.0774. The molecule has 2 aromatic carbocycles. The summed E-state index contributed by atoms with van der Waals surface area (Å²) in [5.41, 5.74) is 3.18. The van der Waals surface area contributed by atoms with Gasteiger partial charge in [-0.25, -0.2) is 0 Å². The molecule has 0 saturated heterocycles. The van der Waals surface area contributed by atoms with E-state index in [0.29, 0.717) is 40.9 Å². The summed E-state index contributed by atoms with van der Waals surface area (Å²) in [6.07, 6.45) is 0. The van der Waals surface area contributed by atoms with E-state index < -0.39 is 0 Å². The molecule has 6 nitrogen and oxygen atoms in total. The molecule has 1 aromatic heterocycles. The quantitative estimate of drug-likeness (QED) is 0.626. The van der Waals surface area contributed by atoms with Gasteiger partial charge in [-0.3, -0.25) is 14.2 Å². The van der Waals surface area contributed by atoms with Crippen molar-refractivity contribution < 1.29 is 9.53 Å². The second-order valence-electron chi connectivity index (χ2n) is 7.14. The summed E-state index contributed by atoms with van der Waals surface area (Å²) in [5, 5.41) is 0.512. The van der Waals surface area contributed by atoms with Crippen molar-refractivity contribution in [3.05, 3.63) is 68.2 Å². The van der Waals surface area contributed by atoms with Gasteiger partial charge in [-0.05, 0) is 74.4 Å². The molecule has 152 valence electrons. The molecular formula is C22H25N3O3S. The Bertz CT molecular complexity index is 1160. The third-order valence-electron chi connectivity index (χ3n) is 4.78. The lowest BCUT2D eigenvalue weighted by Gasteiger charge is -2.18. The Morgan fingerprint density at radius 2 is 1.86 bits per heavy atom. The number of rotatable bonds is 6. The molecular weight excluding hydrogens is 386 g/mol. The molecule has 29 heavy (non-hydrogen) atoms. The smallest absolute Gasteiger partial charge is 0.262 e. The molecule has 0 spiro atoms. The molecule has 3 rings (SSSR count). The first-order chi connectivity index (χ1) is 13.8. The van der Waals surface area contributed by atoms with Crippen molar-refractivity contribution in [2.24, 2.45) is 0 Å². The molecule has 0 fully saturated rings. The van der Waals surface area contributed by atoms with E-state index in [-0.39, 0.29) is 11.5 Å². The maximum absolute atomic E-state index is 12.8. The number of nitrogens with one attached hydrogen (secondary N) is 1. The minimum Gasteiger partial charge on any atom is -0.492 e. The molecule has 0 radical (unpaired) electrons. The lowest BCUT2D eigenvalue weighted by atomic mass is 10.1. The third kappa shape index (κ3) is 4.56. The van der Waals surface area contributed by atoms with Gasteiger partial charge in [0, 0.05) is 19.2 Å². The highest BCUT2D eigenvalue weighted by Gasteiger charge is 2.14. The van der Waals surface area contributed by atoms with Gasteiger partial charge in [-0.2, -0.15) is 0 Å². The third-order valence-corrected chi connectivity index (χ3v) is 5.10. The summed E-state index contributed by atoms with van der Waals surface area (Å²) in [5.74, 6) is 0.656. The fourth-order valence-electron chi connectivity index (χ4n) is 3.31. The van der Waals surface area contributed by atoms with Gasteiger partial charge in [0.2, 0.25) is 0 Å². The standard InChI is InChI=1S/C22H25N3O3S/c1-5-25-21(27)18-7-6-16(13-19(18)23-22(25)29)20(26)24(4)8-9-28-17-11-14(2)10-15(3)12-17/h6-7,10-13H,5,8-9H2,1-4H3,(H,23,29). The van der Waals surface area contributed by atoms with Crippen LogP contribution in [0.25, 0.3) is 10.9 Å². The SMILES string of the molecule is CCn1c(=S)[nH]c2cc(C(=O)N(C)CCOc3cc(C)cc(C)c3)ccc2c1=O. The van der Waals surface area contributed by atoms with Gasteiger partial charge in [0.25, 0.3) is 11.5 Å². The molecule has 0 aliphatic heterocycles. The molecule has 1 heterocycles. The van der Waals surface area contributed by atoms with Crippen molar-refractivity contribution in [1.82, 2.24) is 14.5 Å². The summed E-state index contributed by atoms with van der Waals surface area (Å²) >= 11 is 5.24. The van der Waals surface area contributed by atoms with Gasteiger partial charge in [0.1, 0.15) is 12.4 Å². The van der Waals surface area contributed by atoms with Crippen LogP contribution in [-0.2, 0) is 6.54 Å². The predicted octanol–water partition coefficient (Wildman–Crippen LogP) is 3.85. The number of benzene rings is 2. The maximum Gasteiger partial charge on any atom is 0.262 e. The van der Waals surface area contributed by atoms with Crippen LogP contribution in [0.3, 0.4) is 0 Å². The van der Waals surface area contributed by atoms with Crippen molar-refractivity contribution in [2.75, 3.05) is 20.2 Å². The Morgan fingerprint density at radius 3 is 2.52 bits per heavy atom. The number of fused-ring (bicyclic) bond motifs is 1. The summed E-state index contributed by atoms with van der Waals surface area (Å²) in [6, 6.07) is 11.1. The van der Waals surface area contributed by atoms with Crippen LogP contribution in [0.5, 0.6) is 5.75 Å². The van der Waals surface area contributed by atoms with Crippen molar-refractivity contribution in [2.45, 2.75) is 27.3 Å². The van der Waals surface area contributed by atoms with Crippen LogP contribution < -0.4 is 10.3 Å². The largest absolute Gasteiger partial charge is 0.492 e. The van der Waals surface area contributed by atoms with E-state index in [1.165, 1.54) is 4.57 Å². The van der Waals surface area contributed by atoms with Crippen molar-refractivity contribution >= 4 is 29.0 Å². The Labute approximate surface area is 174 Å². The van der Waals surface area contributed by atoms with Crippen LogP contribution in [0.2, 0.25) is 0 Å². The molecule has 1 N–H and O–H groups in total. The zero-order valence-electron chi connectivity index (χ0n) is 17.1. The average molecular weight is 412 g/mol. The molecule has 0 unspecified atom stereocenters. The Morgan fingerprint density at radius 1 is 1.17 bits per heavy atom. The first-order valence-corrected chi connectivity index (χ1v) is 9.94. The number of aryl methyl sites for hydroxylation is 2. The van der Waals surface area contributed by atoms with Crippen molar-refractivity contribution in [3.8, 4) is 5.75 Å². The van der Waals surface area contributed by atoms with E-state index in [1.54, 1.807) is 30.1 Å². The van der Waals surface area contributed by atoms with Gasteiger partial charge in [-0.15, -0.1) is 0 Å². The zero-order chi connectivity index (χ0) is 21.1. The molecule has 0 aliphatic rings. The maximum atomic E-state index is 12.8. The number of carbonyl (C=O) groups excluding carboxylic acids is 1. The number of aromatic nitrogens is 2. The number of nitrogens with zero attached hydrogens (tertiary/aromatic N) is 2. The topological polar surface area (TPSA) is 67.3 Å². The van der Waals surface area contributed by atoms with Crippen LogP contribution in [-0.4, -0.2) is 40.6 Å². The zero-order valence-corrected chi connectivity index (χ0v) is 17.9. The number of H-pyrrole nitrogens is 1. The van der Waals surface area contributed by atoms with E-state index in [4.69, 9.17) is 17.0 Å². The highest BCUT2D eigenvalue weighted by Crippen LogP contribution is 2.16. The number of aromatic amines is 1. The second-order valence-corrected chi connectivity index (χ2v) is 7.53. The number of amides is 1. The second kappa shape index (κ2) is 8.61. The van der Waals surface area contributed by atoms with Gasteiger partial charge in [0.15, 0.2) is 4.77 Å². The first kappa shape index (κ1) is 20.8. The fraction of sp³-hybridized carbons (Fsp3) is 0.318. The summed E-state index contributed by atoms with van der Waals surface area (Å²) in [4.78, 5) is 29.9. The Kier molecular flexibility index (Phi) is 6.17. The minimum absolute atomic E-state index is 0.144. The molecule has 0 bridgehead atoms. The summed E-state index contributed by atoms with van der Waals surface area (Å²) in [7, 11) is 1.73. The molecule has 0 saturated carbocycles. The average Bonchev–Trinajstić information content (AvgIpc) is 2.66. The van der Waals surface area contributed by atoms with Gasteiger partial charge >= 0.3 is 0 Å². The minimum atomic E-state index is -0.152. The normalized spacial score (nSPS) is 10.9. The van der Waals surface area contributed by atoms with E-state index in [9.17, 15) is 9.59 Å². The van der Waals surface area contributed by atoms with Crippen LogP contribution in [0, 0.1) is 18.6 Å². The predicted molar refractivity (Wildman–Crippen MR) is 117 cm³/mol. The molecule has 7 heteroatoms. The number of hydrogen-bond acceptors (Lipinski definition) is 4. The Balaban J connectivity index is 1.72. The molecule has 1 amide bonds. The lowest BCUT2D eigenvalue weighted by Crippen LogP contribution is -2.31. The Hall–Kier alpha value is -2.93.